The van der Waals surface area contributed by atoms with Gasteiger partial charge in [-0.05, 0) is 31.4 Å². The molecule has 0 atom stereocenters. The minimum atomic E-state index is -0.535. The van der Waals surface area contributed by atoms with Gasteiger partial charge in [0.1, 0.15) is 5.56 Å². The average molecular weight is 291 g/mol. The van der Waals surface area contributed by atoms with Crippen LogP contribution < -0.4 is 11.1 Å². The Hall–Kier alpha value is -1.95. The molecule has 1 amide bonds. The highest BCUT2D eigenvalue weighted by Gasteiger charge is 2.29. The van der Waals surface area contributed by atoms with Crippen molar-refractivity contribution in [3.8, 4) is 0 Å². The molecule has 0 unspecified atom stereocenters. The van der Waals surface area contributed by atoms with E-state index in [0.717, 1.165) is 31.2 Å². The Morgan fingerprint density at radius 3 is 2.67 bits per heavy atom. The van der Waals surface area contributed by atoms with Crippen molar-refractivity contribution < 1.29 is 9.72 Å². The topological polar surface area (TPSA) is 98.3 Å². The summed E-state index contributed by atoms with van der Waals surface area (Å²) in [5.41, 5.74) is 6.62. The van der Waals surface area contributed by atoms with Gasteiger partial charge in [-0.3, -0.25) is 14.9 Å². The van der Waals surface area contributed by atoms with Crippen LogP contribution in [0.4, 0.5) is 5.69 Å². The second-order valence-corrected chi connectivity index (χ2v) is 5.88. The molecule has 0 radical (unpaired) electrons. The van der Waals surface area contributed by atoms with Gasteiger partial charge in [0.2, 0.25) is 0 Å². The van der Waals surface area contributed by atoms with Crippen molar-refractivity contribution in [2.75, 3.05) is 6.54 Å². The van der Waals surface area contributed by atoms with Gasteiger partial charge in [-0.2, -0.15) is 0 Å². The van der Waals surface area contributed by atoms with Gasteiger partial charge in [0.05, 0.1) is 4.92 Å². The van der Waals surface area contributed by atoms with E-state index in [1.165, 1.54) is 18.6 Å². The molecule has 0 saturated heterocycles. The van der Waals surface area contributed by atoms with E-state index >= 15 is 0 Å². The number of rotatable bonds is 4. The third-order valence-corrected chi connectivity index (χ3v) is 4.04. The lowest BCUT2D eigenvalue weighted by molar-refractivity contribution is -0.385. The number of nitrogens with zero attached hydrogens (tertiary/aromatic N) is 1. The molecule has 0 bridgehead atoms. The maximum absolute atomic E-state index is 12.2. The highest BCUT2D eigenvalue weighted by atomic mass is 16.6. The molecule has 1 fully saturated rings. The highest BCUT2D eigenvalue weighted by Crippen LogP contribution is 2.25. The molecule has 1 aromatic rings. The van der Waals surface area contributed by atoms with E-state index in [9.17, 15) is 14.9 Å². The van der Waals surface area contributed by atoms with Crippen LogP contribution in [-0.2, 0) is 0 Å². The molecule has 0 aliphatic heterocycles. The largest absolute Gasteiger partial charge is 0.350 e. The summed E-state index contributed by atoms with van der Waals surface area (Å²) in [5.74, 6) is -0.430. The molecule has 2 rings (SSSR count). The summed E-state index contributed by atoms with van der Waals surface area (Å²) >= 11 is 0. The zero-order chi connectivity index (χ0) is 15.5. The molecule has 114 valence electrons. The number of hydrogen-bond donors (Lipinski definition) is 2. The third kappa shape index (κ3) is 3.78. The number of carbonyl (C=O) groups excluding carboxylic acids is 1. The zero-order valence-corrected chi connectivity index (χ0v) is 12.2. The van der Waals surface area contributed by atoms with Crippen LogP contribution in [0.3, 0.4) is 0 Å². The van der Waals surface area contributed by atoms with Crippen molar-refractivity contribution in [1.29, 1.82) is 0 Å². The normalized spacial score (nSPS) is 17.2. The second kappa shape index (κ2) is 6.22. The Morgan fingerprint density at radius 1 is 1.38 bits per heavy atom. The van der Waals surface area contributed by atoms with Gasteiger partial charge in [-0.1, -0.05) is 25.3 Å². The standard InChI is InChI=1S/C15H21N3O3/c1-11-5-6-13(18(20)21)12(9-11)14(19)17-10-15(16)7-3-2-4-8-15/h5-6,9H,2-4,7-8,10,16H2,1H3,(H,17,19). The van der Waals surface area contributed by atoms with Gasteiger partial charge < -0.3 is 11.1 Å². The molecule has 0 heterocycles. The van der Waals surface area contributed by atoms with Gasteiger partial charge in [-0.15, -0.1) is 0 Å². The summed E-state index contributed by atoms with van der Waals surface area (Å²) in [7, 11) is 0. The van der Waals surface area contributed by atoms with Gasteiger partial charge in [0.25, 0.3) is 11.6 Å². The first-order chi connectivity index (χ1) is 9.91. The van der Waals surface area contributed by atoms with E-state index in [1.807, 2.05) is 0 Å². The van der Waals surface area contributed by atoms with Crippen molar-refractivity contribution in [3.05, 3.63) is 39.4 Å². The fourth-order valence-electron chi connectivity index (χ4n) is 2.78. The molecular weight excluding hydrogens is 270 g/mol. The summed E-state index contributed by atoms with van der Waals surface area (Å²) < 4.78 is 0. The molecule has 0 aromatic heterocycles. The van der Waals surface area contributed by atoms with Crippen molar-refractivity contribution in [2.24, 2.45) is 5.73 Å². The number of benzene rings is 1. The second-order valence-electron chi connectivity index (χ2n) is 5.88. The summed E-state index contributed by atoms with van der Waals surface area (Å²) in [5, 5.41) is 13.8. The number of amides is 1. The minimum absolute atomic E-state index is 0.0967. The van der Waals surface area contributed by atoms with Crippen molar-refractivity contribution >= 4 is 11.6 Å². The Labute approximate surface area is 123 Å². The lowest BCUT2D eigenvalue weighted by Crippen LogP contribution is -2.51. The molecule has 1 saturated carbocycles. The third-order valence-electron chi connectivity index (χ3n) is 4.04. The monoisotopic (exact) mass is 291 g/mol. The maximum Gasteiger partial charge on any atom is 0.282 e. The van der Waals surface area contributed by atoms with Gasteiger partial charge in [0, 0.05) is 18.2 Å². The van der Waals surface area contributed by atoms with E-state index in [4.69, 9.17) is 5.73 Å². The first-order valence-corrected chi connectivity index (χ1v) is 7.23. The lowest BCUT2D eigenvalue weighted by atomic mass is 9.82. The Kier molecular flexibility index (Phi) is 4.57. The van der Waals surface area contributed by atoms with Crippen LogP contribution >= 0.6 is 0 Å². The average Bonchev–Trinajstić information content (AvgIpc) is 2.45. The molecule has 1 aliphatic carbocycles. The molecule has 1 aliphatic rings. The predicted molar refractivity (Wildman–Crippen MR) is 80.2 cm³/mol. The number of nitro benzene ring substituents is 1. The van der Waals surface area contributed by atoms with Crippen molar-refractivity contribution in [3.63, 3.8) is 0 Å². The SMILES string of the molecule is Cc1ccc([N+](=O)[O-])c(C(=O)NCC2(N)CCCCC2)c1. The van der Waals surface area contributed by atoms with E-state index in [2.05, 4.69) is 5.32 Å². The quantitative estimate of drug-likeness (QED) is 0.656. The number of hydrogen-bond acceptors (Lipinski definition) is 4. The van der Waals surface area contributed by atoms with Gasteiger partial charge >= 0.3 is 0 Å². The number of nitrogens with two attached hydrogens (primary N) is 1. The van der Waals surface area contributed by atoms with Gasteiger partial charge in [0.15, 0.2) is 0 Å². The summed E-state index contributed by atoms with van der Waals surface area (Å²) in [6.45, 7) is 2.16. The van der Waals surface area contributed by atoms with Crippen LogP contribution in [0.5, 0.6) is 0 Å². The molecule has 21 heavy (non-hydrogen) atoms. The Bertz CT molecular complexity index is 551. The summed E-state index contributed by atoms with van der Waals surface area (Å²) in [6.07, 6.45) is 5.07. The number of carbonyl (C=O) groups is 1. The number of nitrogens with one attached hydrogen (secondary N) is 1. The van der Waals surface area contributed by atoms with Crippen LogP contribution in [0, 0.1) is 17.0 Å². The smallest absolute Gasteiger partial charge is 0.282 e. The van der Waals surface area contributed by atoms with Crippen LogP contribution in [0.2, 0.25) is 0 Å². The molecule has 0 spiro atoms. The van der Waals surface area contributed by atoms with Crippen LogP contribution in [0.15, 0.2) is 18.2 Å². The predicted octanol–water partition coefficient (Wildman–Crippen LogP) is 2.29. The van der Waals surface area contributed by atoms with Crippen LogP contribution in [0.1, 0.15) is 48.0 Å². The fraction of sp³-hybridized carbons (Fsp3) is 0.533. The van der Waals surface area contributed by atoms with Crippen LogP contribution in [-0.4, -0.2) is 22.9 Å². The fourth-order valence-corrected chi connectivity index (χ4v) is 2.78. The molecule has 3 N–H and O–H groups in total. The Morgan fingerprint density at radius 2 is 2.05 bits per heavy atom. The first kappa shape index (κ1) is 15.4. The molecule has 1 aromatic carbocycles. The van der Waals surface area contributed by atoms with E-state index in [0.29, 0.717) is 6.54 Å². The van der Waals surface area contributed by atoms with Crippen molar-refractivity contribution in [1.82, 2.24) is 5.32 Å². The maximum atomic E-state index is 12.2. The molecule has 6 nitrogen and oxygen atoms in total. The van der Waals surface area contributed by atoms with Crippen LogP contribution in [0.25, 0.3) is 0 Å². The van der Waals surface area contributed by atoms with E-state index < -0.39 is 10.8 Å². The molecular formula is C15H21N3O3. The first-order valence-electron chi connectivity index (χ1n) is 7.23. The minimum Gasteiger partial charge on any atom is -0.350 e. The van der Waals surface area contributed by atoms with Crippen molar-refractivity contribution in [2.45, 2.75) is 44.6 Å². The number of nitro groups is 1. The Balaban J connectivity index is 2.09. The number of aryl methyl sites for hydroxylation is 1. The van der Waals surface area contributed by atoms with E-state index in [1.54, 1.807) is 13.0 Å². The zero-order valence-electron chi connectivity index (χ0n) is 12.2. The summed E-state index contributed by atoms with van der Waals surface area (Å²) in [6, 6.07) is 4.53. The van der Waals surface area contributed by atoms with E-state index in [-0.39, 0.29) is 16.8 Å². The summed E-state index contributed by atoms with van der Waals surface area (Å²) in [4.78, 5) is 22.7. The molecule has 6 heteroatoms. The highest BCUT2D eigenvalue weighted by molar-refractivity contribution is 5.98. The van der Waals surface area contributed by atoms with Gasteiger partial charge in [-0.25, -0.2) is 0 Å². The lowest BCUT2D eigenvalue weighted by Gasteiger charge is -2.33.